The predicted molar refractivity (Wildman–Crippen MR) is 72.9 cm³/mol. The third-order valence-electron chi connectivity index (χ3n) is 2.21. The summed E-state index contributed by atoms with van der Waals surface area (Å²) < 4.78 is 38.9. The third-order valence-corrected chi connectivity index (χ3v) is 3.05. The van der Waals surface area contributed by atoms with E-state index in [1.165, 1.54) is 0 Å². The van der Waals surface area contributed by atoms with Gasteiger partial charge in [-0.05, 0) is 45.0 Å². The van der Waals surface area contributed by atoms with Gasteiger partial charge in [-0.1, -0.05) is 0 Å². The maximum absolute atomic E-state index is 12.7. The summed E-state index contributed by atoms with van der Waals surface area (Å²) in [5.74, 6) is -1.19. The molecule has 1 amide bonds. The van der Waals surface area contributed by atoms with Crippen LogP contribution in [-0.4, -0.2) is 32.4 Å². The average Bonchev–Trinajstić information content (AvgIpc) is 2.33. The summed E-state index contributed by atoms with van der Waals surface area (Å²) in [5, 5.41) is 2.32. The molecule has 21 heavy (non-hydrogen) atoms. The Hall–Kier alpha value is -1.96. The Morgan fingerprint density at radius 3 is 2.14 bits per heavy atom. The molecule has 1 aromatic rings. The average molecular weight is 317 g/mol. The summed E-state index contributed by atoms with van der Waals surface area (Å²) >= 11 is 0. The molecule has 0 atom stereocenters. The molecule has 6 nitrogen and oxygen atoms in total. The van der Waals surface area contributed by atoms with Crippen LogP contribution in [0.15, 0.2) is 29.2 Å². The summed E-state index contributed by atoms with van der Waals surface area (Å²) in [7, 11) is -4.80. The molecular formula is C13H16FNO5S. The van der Waals surface area contributed by atoms with Crippen LogP contribution >= 0.6 is 0 Å². The number of carbonyl (C=O) groups excluding carboxylic acids is 2. The second kappa shape index (κ2) is 6.21. The molecule has 1 N–H and O–H groups in total. The van der Waals surface area contributed by atoms with Crippen molar-refractivity contribution in [2.75, 3.05) is 6.54 Å². The minimum Gasteiger partial charge on any atom is -0.459 e. The van der Waals surface area contributed by atoms with Crippen LogP contribution in [0.25, 0.3) is 0 Å². The number of ether oxygens (including phenoxy) is 1. The molecule has 0 aliphatic rings. The van der Waals surface area contributed by atoms with E-state index in [0.29, 0.717) is 0 Å². The van der Waals surface area contributed by atoms with E-state index in [2.05, 4.69) is 5.32 Å². The number of benzene rings is 1. The lowest BCUT2D eigenvalue weighted by atomic mass is 10.2. The van der Waals surface area contributed by atoms with Gasteiger partial charge in [-0.15, -0.1) is 3.89 Å². The first kappa shape index (κ1) is 17.1. The van der Waals surface area contributed by atoms with Crippen molar-refractivity contribution < 1.29 is 26.6 Å². The van der Waals surface area contributed by atoms with Crippen LogP contribution in [0, 0.1) is 0 Å². The summed E-state index contributed by atoms with van der Waals surface area (Å²) in [6, 6.07) is 4.24. The lowest BCUT2D eigenvalue weighted by Crippen LogP contribution is -2.34. The normalized spacial score (nSPS) is 11.8. The monoisotopic (exact) mass is 317 g/mol. The van der Waals surface area contributed by atoms with Gasteiger partial charge < -0.3 is 10.1 Å². The summed E-state index contributed by atoms with van der Waals surface area (Å²) in [6.07, 6.45) is 0. The first-order valence-corrected chi connectivity index (χ1v) is 7.42. The lowest BCUT2D eigenvalue weighted by molar-refractivity contribution is -0.153. The minimum absolute atomic E-state index is 0.103. The smallest absolute Gasteiger partial charge is 0.332 e. The number of esters is 1. The second-order valence-corrected chi connectivity index (χ2v) is 6.58. The zero-order valence-corrected chi connectivity index (χ0v) is 12.7. The number of nitrogens with one attached hydrogen (secondary N) is 1. The van der Waals surface area contributed by atoms with Crippen LogP contribution in [0.5, 0.6) is 0 Å². The fraction of sp³-hybridized carbons (Fsp3) is 0.385. The summed E-state index contributed by atoms with van der Waals surface area (Å²) in [6.45, 7) is 4.77. The molecular weight excluding hydrogens is 301 g/mol. The molecule has 0 radical (unpaired) electrons. The van der Waals surface area contributed by atoms with E-state index in [0.717, 1.165) is 24.3 Å². The topological polar surface area (TPSA) is 89.5 Å². The van der Waals surface area contributed by atoms with Crippen LogP contribution in [0.3, 0.4) is 0 Å². The van der Waals surface area contributed by atoms with Crippen LogP contribution < -0.4 is 5.32 Å². The number of rotatable bonds is 4. The minimum atomic E-state index is -4.80. The van der Waals surface area contributed by atoms with Crippen molar-refractivity contribution in [3.63, 3.8) is 0 Å². The molecule has 0 heterocycles. The second-order valence-electron chi connectivity index (χ2n) is 5.23. The van der Waals surface area contributed by atoms with Crippen molar-refractivity contribution in [2.24, 2.45) is 0 Å². The van der Waals surface area contributed by atoms with E-state index < -0.39 is 32.6 Å². The Balaban J connectivity index is 2.63. The fourth-order valence-electron chi connectivity index (χ4n) is 1.40. The van der Waals surface area contributed by atoms with Gasteiger partial charge in [-0.2, -0.15) is 8.42 Å². The Labute approximate surface area is 122 Å². The SMILES string of the molecule is CC(C)(C)OC(=O)CNC(=O)c1ccc(S(=O)(=O)F)cc1. The number of carbonyl (C=O) groups is 2. The highest BCUT2D eigenvalue weighted by molar-refractivity contribution is 7.86. The Bertz CT molecular complexity index is 632. The van der Waals surface area contributed by atoms with Gasteiger partial charge in [0.15, 0.2) is 0 Å². The zero-order valence-electron chi connectivity index (χ0n) is 11.8. The van der Waals surface area contributed by atoms with Crippen molar-refractivity contribution in [3.05, 3.63) is 29.8 Å². The number of halogens is 1. The largest absolute Gasteiger partial charge is 0.459 e. The van der Waals surface area contributed by atoms with Crippen molar-refractivity contribution in [1.29, 1.82) is 0 Å². The van der Waals surface area contributed by atoms with E-state index in [1.807, 2.05) is 0 Å². The third kappa shape index (κ3) is 5.90. The van der Waals surface area contributed by atoms with Crippen molar-refractivity contribution in [2.45, 2.75) is 31.3 Å². The molecule has 0 aromatic heterocycles. The number of hydrogen-bond donors (Lipinski definition) is 1. The zero-order chi connectivity index (χ0) is 16.3. The molecule has 8 heteroatoms. The lowest BCUT2D eigenvalue weighted by Gasteiger charge is -2.19. The molecule has 0 saturated carbocycles. The molecule has 0 fully saturated rings. The summed E-state index contributed by atoms with van der Waals surface area (Å²) in [4.78, 5) is 22.6. The van der Waals surface area contributed by atoms with Gasteiger partial charge in [0.05, 0.1) is 4.90 Å². The predicted octanol–water partition coefficient (Wildman–Crippen LogP) is 1.42. The Kier molecular flexibility index (Phi) is 5.06. The van der Waals surface area contributed by atoms with E-state index in [4.69, 9.17) is 4.74 Å². The summed E-state index contributed by atoms with van der Waals surface area (Å²) in [5.41, 5.74) is -0.551. The molecule has 1 aromatic carbocycles. The van der Waals surface area contributed by atoms with Gasteiger partial charge in [0.1, 0.15) is 12.1 Å². The molecule has 1 rings (SSSR count). The maximum Gasteiger partial charge on any atom is 0.332 e. The van der Waals surface area contributed by atoms with Crippen molar-refractivity contribution in [3.8, 4) is 0 Å². The van der Waals surface area contributed by atoms with Crippen LogP contribution in [0.4, 0.5) is 3.89 Å². The highest BCUT2D eigenvalue weighted by Gasteiger charge is 2.17. The van der Waals surface area contributed by atoms with Gasteiger partial charge in [-0.25, -0.2) is 0 Å². The standard InChI is InChI=1S/C13H16FNO5S/c1-13(2,3)20-11(16)8-15-12(17)9-4-6-10(7-5-9)21(14,18)19/h4-7H,8H2,1-3H3,(H,15,17). The van der Waals surface area contributed by atoms with Gasteiger partial charge in [-0.3, -0.25) is 9.59 Å². The molecule has 0 bridgehead atoms. The van der Waals surface area contributed by atoms with Gasteiger partial charge in [0.2, 0.25) is 0 Å². The van der Waals surface area contributed by atoms with Crippen LogP contribution in [0.1, 0.15) is 31.1 Å². The molecule has 0 aliphatic heterocycles. The van der Waals surface area contributed by atoms with Crippen molar-refractivity contribution in [1.82, 2.24) is 5.32 Å². The van der Waals surface area contributed by atoms with Crippen LogP contribution in [-0.2, 0) is 19.8 Å². The van der Waals surface area contributed by atoms with Gasteiger partial charge >= 0.3 is 16.2 Å². The molecule has 0 spiro atoms. The van der Waals surface area contributed by atoms with Crippen LogP contribution in [0.2, 0.25) is 0 Å². The molecule has 116 valence electrons. The first-order valence-electron chi connectivity index (χ1n) is 6.04. The van der Waals surface area contributed by atoms with Crippen molar-refractivity contribution >= 4 is 22.1 Å². The van der Waals surface area contributed by atoms with Gasteiger partial charge in [0, 0.05) is 5.56 Å². The Morgan fingerprint density at radius 1 is 1.19 bits per heavy atom. The fourth-order valence-corrected chi connectivity index (χ4v) is 1.86. The quantitative estimate of drug-likeness (QED) is 0.670. The first-order chi connectivity index (χ1) is 9.49. The molecule has 0 saturated heterocycles. The van der Waals surface area contributed by atoms with E-state index in [9.17, 15) is 21.9 Å². The number of amides is 1. The van der Waals surface area contributed by atoms with E-state index in [1.54, 1.807) is 20.8 Å². The van der Waals surface area contributed by atoms with E-state index >= 15 is 0 Å². The molecule has 0 aliphatic carbocycles. The number of hydrogen-bond acceptors (Lipinski definition) is 5. The van der Waals surface area contributed by atoms with E-state index in [-0.39, 0.29) is 12.1 Å². The highest BCUT2D eigenvalue weighted by Crippen LogP contribution is 2.13. The highest BCUT2D eigenvalue weighted by atomic mass is 32.3. The Morgan fingerprint density at radius 2 is 1.71 bits per heavy atom. The van der Waals surface area contributed by atoms with Gasteiger partial charge in [0.25, 0.3) is 5.91 Å². The molecule has 0 unspecified atom stereocenters. The maximum atomic E-state index is 12.7.